The number of hydrogen-bond donors (Lipinski definition) is 1. The van der Waals surface area contributed by atoms with Gasteiger partial charge in [0.1, 0.15) is 11.7 Å². The summed E-state index contributed by atoms with van der Waals surface area (Å²) in [6.07, 6.45) is 5.54. The number of ether oxygens (including phenoxy) is 1. The molecule has 0 spiro atoms. The van der Waals surface area contributed by atoms with Crippen molar-refractivity contribution < 1.29 is 22.7 Å². The minimum atomic E-state index is -1.49. The van der Waals surface area contributed by atoms with Crippen molar-refractivity contribution >= 4 is 23.4 Å². The predicted molar refractivity (Wildman–Crippen MR) is 130 cm³/mol. The highest BCUT2D eigenvalue weighted by Crippen LogP contribution is 2.34. The van der Waals surface area contributed by atoms with Crippen LogP contribution < -0.4 is 15.1 Å². The van der Waals surface area contributed by atoms with Crippen molar-refractivity contribution in [3.8, 4) is 0 Å². The molecule has 0 fully saturated rings. The van der Waals surface area contributed by atoms with Crippen LogP contribution in [0.3, 0.4) is 0 Å². The van der Waals surface area contributed by atoms with Crippen LogP contribution >= 0.6 is 0 Å². The Hall–Kier alpha value is -3.67. The fourth-order valence-electron chi connectivity index (χ4n) is 4.02. The number of nitrogens with zero attached hydrogens (tertiary/aromatic N) is 6. The summed E-state index contributed by atoms with van der Waals surface area (Å²) in [4.78, 5) is 25.3. The number of carbonyl (C=O) groups excluding carboxylic acids is 1. The zero-order valence-electron chi connectivity index (χ0n) is 19.6. The number of rotatable bonds is 9. The first-order valence-corrected chi connectivity index (χ1v) is 11.1. The summed E-state index contributed by atoms with van der Waals surface area (Å²) in [7, 11) is 3.32. The lowest BCUT2D eigenvalue weighted by atomic mass is 10.1. The Labute approximate surface area is 207 Å². The van der Waals surface area contributed by atoms with Gasteiger partial charge in [0.25, 0.3) is 0 Å². The normalized spacial score (nSPS) is 15.1. The number of carbonyl (C=O) groups is 1. The van der Waals surface area contributed by atoms with Crippen LogP contribution in [-0.2, 0) is 22.6 Å². The quantitative estimate of drug-likeness (QED) is 0.445. The summed E-state index contributed by atoms with van der Waals surface area (Å²) in [6, 6.07) is 1.55. The number of halogens is 3. The average Bonchev–Trinajstić information content (AvgIpc) is 3.29. The molecule has 3 heterocycles. The Kier molecular flexibility index (Phi) is 8.51. The molecular weight excluding hydrogens is 475 g/mol. The van der Waals surface area contributed by atoms with E-state index in [0.717, 1.165) is 17.7 Å². The van der Waals surface area contributed by atoms with E-state index < -0.39 is 17.5 Å². The zero-order valence-corrected chi connectivity index (χ0v) is 19.6. The van der Waals surface area contributed by atoms with Crippen molar-refractivity contribution in [1.82, 2.24) is 19.7 Å². The van der Waals surface area contributed by atoms with E-state index >= 15 is 0 Å². The fraction of sp³-hybridized carbons (Fsp3) is 0.417. The van der Waals surface area contributed by atoms with E-state index in [1.807, 2.05) is 11.8 Å². The van der Waals surface area contributed by atoms with Gasteiger partial charge in [0.05, 0.1) is 25.5 Å². The largest absolute Gasteiger partial charge is 0.383 e. The maximum absolute atomic E-state index is 13.5. The minimum absolute atomic E-state index is 0. The lowest BCUT2D eigenvalue weighted by Crippen LogP contribution is -2.53. The molecule has 0 saturated heterocycles. The second-order valence-corrected chi connectivity index (χ2v) is 8.18. The molecule has 9 nitrogen and oxygen atoms in total. The highest BCUT2D eigenvalue weighted by Gasteiger charge is 2.36. The van der Waals surface area contributed by atoms with Gasteiger partial charge in [0.2, 0.25) is 11.9 Å². The fourth-order valence-corrected chi connectivity index (χ4v) is 4.02. The maximum Gasteiger partial charge on any atom is 0.249 e. The van der Waals surface area contributed by atoms with Gasteiger partial charge in [-0.05, 0) is 24.1 Å². The van der Waals surface area contributed by atoms with Gasteiger partial charge in [0.15, 0.2) is 23.3 Å². The molecule has 1 aliphatic heterocycles. The lowest BCUT2D eigenvalue weighted by molar-refractivity contribution is -0.120. The Bertz CT molecular complexity index is 1200. The Morgan fingerprint density at radius 3 is 2.53 bits per heavy atom. The SMILES string of the molecule is C.CC[C@@H]1C(=O)N(C)c2cnc(NCc3cnn(Cc4cc(F)c(F)c(F)c4)c3)nc2N1CCOC. The summed E-state index contributed by atoms with van der Waals surface area (Å²) in [6.45, 7) is 3.33. The molecule has 1 N–H and O–H groups in total. The van der Waals surface area contributed by atoms with Gasteiger partial charge < -0.3 is 19.9 Å². The van der Waals surface area contributed by atoms with Crippen LogP contribution in [0.15, 0.2) is 30.7 Å². The summed E-state index contributed by atoms with van der Waals surface area (Å²) in [5.74, 6) is -2.98. The maximum atomic E-state index is 13.5. The molecule has 2 aromatic heterocycles. The lowest BCUT2D eigenvalue weighted by Gasteiger charge is -2.40. The number of likely N-dealkylation sites (N-methyl/N-ethyl adjacent to an activating group) is 1. The molecule has 1 atom stereocenters. The Balaban J connectivity index is 0.00000361. The first-order valence-electron chi connectivity index (χ1n) is 11.1. The van der Waals surface area contributed by atoms with Gasteiger partial charge in [-0.15, -0.1) is 0 Å². The molecule has 4 rings (SSSR count). The van der Waals surface area contributed by atoms with E-state index in [0.29, 0.717) is 43.6 Å². The van der Waals surface area contributed by atoms with Gasteiger partial charge in [-0.1, -0.05) is 14.4 Å². The number of methoxy groups -OCH3 is 1. The smallest absolute Gasteiger partial charge is 0.249 e. The van der Waals surface area contributed by atoms with Gasteiger partial charge in [-0.25, -0.2) is 18.2 Å². The van der Waals surface area contributed by atoms with Crippen LogP contribution in [-0.4, -0.2) is 59.0 Å². The number of aromatic nitrogens is 4. The molecule has 1 amide bonds. The first kappa shape index (κ1) is 26.9. The average molecular weight is 506 g/mol. The third kappa shape index (κ3) is 5.43. The second kappa shape index (κ2) is 11.4. The molecule has 0 radical (unpaired) electrons. The van der Waals surface area contributed by atoms with Gasteiger partial charge in [-0.2, -0.15) is 10.1 Å². The number of hydrogen-bond acceptors (Lipinski definition) is 7. The van der Waals surface area contributed by atoms with Crippen molar-refractivity contribution in [2.45, 2.75) is 39.9 Å². The third-order valence-corrected chi connectivity index (χ3v) is 5.82. The van der Waals surface area contributed by atoms with Gasteiger partial charge in [-0.3, -0.25) is 9.48 Å². The monoisotopic (exact) mass is 505 g/mol. The van der Waals surface area contributed by atoms with Gasteiger partial charge in [0, 0.05) is 39.0 Å². The first-order chi connectivity index (χ1) is 16.8. The molecule has 12 heteroatoms. The topological polar surface area (TPSA) is 88.4 Å². The zero-order chi connectivity index (χ0) is 25.1. The summed E-state index contributed by atoms with van der Waals surface area (Å²) >= 11 is 0. The molecule has 0 unspecified atom stereocenters. The van der Waals surface area contributed by atoms with E-state index in [4.69, 9.17) is 4.74 Å². The standard InChI is InChI=1S/C23H26F3N7O2.CH4/c1-4-18-22(34)31(2)19-11-28-23(30-21(19)33(18)5-6-35-3)27-9-15-10-29-32(13-15)12-14-7-16(24)20(26)17(25)8-14;/h7-8,10-11,13,18H,4-6,9,12H2,1-3H3,(H,27,28,30);1H4/t18-;/m1./s1. The molecule has 0 bridgehead atoms. The summed E-state index contributed by atoms with van der Waals surface area (Å²) in [5, 5.41) is 7.33. The van der Waals surface area contributed by atoms with Crippen LogP contribution in [0.25, 0.3) is 0 Å². The Morgan fingerprint density at radius 2 is 1.86 bits per heavy atom. The third-order valence-electron chi connectivity index (χ3n) is 5.82. The van der Waals surface area contributed by atoms with E-state index in [1.54, 1.807) is 37.6 Å². The minimum Gasteiger partial charge on any atom is -0.383 e. The molecule has 1 aliphatic rings. The van der Waals surface area contributed by atoms with Crippen LogP contribution in [0.1, 0.15) is 31.9 Å². The Morgan fingerprint density at radius 1 is 1.14 bits per heavy atom. The van der Waals surface area contributed by atoms with Crippen molar-refractivity contribution in [2.75, 3.05) is 42.4 Å². The number of benzene rings is 1. The number of anilines is 3. The van der Waals surface area contributed by atoms with Crippen molar-refractivity contribution in [3.05, 3.63) is 59.3 Å². The van der Waals surface area contributed by atoms with Gasteiger partial charge >= 0.3 is 0 Å². The predicted octanol–water partition coefficient (Wildman–Crippen LogP) is 3.59. The summed E-state index contributed by atoms with van der Waals surface area (Å²) < 4.78 is 46.8. The number of amides is 1. The van der Waals surface area contributed by atoms with E-state index in [9.17, 15) is 18.0 Å². The number of fused-ring (bicyclic) bond motifs is 1. The molecule has 194 valence electrons. The van der Waals surface area contributed by atoms with Crippen LogP contribution in [0.5, 0.6) is 0 Å². The highest BCUT2D eigenvalue weighted by atomic mass is 19.2. The highest BCUT2D eigenvalue weighted by molar-refractivity contribution is 6.04. The van der Waals surface area contributed by atoms with Crippen molar-refractivity contribution in [2.24, 2.45) is 0 Å². The van der Waals surface area contributed by atoms with Crippen LogP contribution in [0, 0.1) is 17.5 Å². The van der Waals surface area contributed by atoms with E-state index in [-0.39, 0.29) is 31.5 Å². The van der Waals surface area contributed by atoms with Crippen LogP contribution in [0.2, 0.25) is 0 Å². The summed E-state index contributed by atoms with van der Waals surface area (Å²) in [5.41, 5.74) is 1.65. The van der Waals surface area contributed by atoms with E-state index in [1.165, 1.54) is 4.68 Å². The van der Waals surface area contributed by atoms with E-state index in [2.05, 4.69) is 20.4 Å². The second-order valence-electron chi connectivity index (χ2n) is 8.18. The van der Waals surface area contributed by atoms with Crippen molar-refractivity contribution in [1.29, 1.82) is 0 Å². The molecule has 0 saturated carbocycles. The molecule has 1 aromatic carbocycles. The van der Waals surface area contributed by atoms with Crippen LogP contribution in [0.4, 0.5) is 30.6 Å². The molecule has 3 aromatic rings. The number of nitrogens with one attached hydrogen (secondary N) is 1. The molecule has 36 heavy (non-hydrogen) atoms. The van der Waals surface area contributed by atoms with Crippen molar-refractivity contribution in [3.63, 3.8) is 0 Å². The molecular formula is C24H30F3N7O2. The molecule has 0 aliphatic carbocycles.